The van der Waals surface area contributed by atoms with E-state index in [-0.39, 0.29) is 29.4 Å². The third-order valence-corrected chi connectivity index (χ3v) is 4.30. The number of carbonyl (C=O) groups is 3. The van der Waals surface area contributed by atoms with Crippen LogP contribution < -0.4 is 21.1 Å². The van der Waals surface area contributed by atoms with E-state index in [4.69, 9.17) is 15.2 Å². The lowest BCUT2D eigenvalue weighted by molar-refractivity contribution is -0.145. The Kier molecular flexibility index (Phi) is 8.83. The molecule has 0 fully saturated rings. The molecule has 8 heteroatoms. The van der Waals surface area contributed by atoms with Crippen molar-refractivity contribution in [3.8, 4) is 5.75 Å². The molecule has 160 valence electrons. The molecule has 0 spiro atoms. The van der Waals surface area contributed by atoms with Crippen molar-refractivity contribution < 1.29 is 23.9 Å². The van der Waals surface area contributed by atoms with E-state index in [2.05, 4.69) is 10.6 Å². The molecule has 0 aliphatic heterocycles. The quantitative estimate of drug-likeness (QED) is 0.505. The molecule has 0 aliphatic carbocycles. The number of nitrogens with one attached hydrogen (secondary N) is 2. The number of esters is 1. The van der Waals surface area contributed by atoms with Gasteiger partial charge in [-0.2, -0.15) is 0 Å². The molecule has 0 heterocycles. The van der Waals surface area contributed by atoms with Crippen LogP contribution in [0.15, 0.2) is 48.5 Å². The Hall–Kier alpha value is -3.39. The number of amides is 2. The van der Waals surface area contributed by atoms with E-state index in [0.717, 1.165) is 5.56 Å². The van der Waals surface area contributed by atoms with Crippen LogP contribution in [-0.2, 0) is 16.0 Å². The molecule has 0 saturated carbocycles. The monoisotopic (exact) mass is 413 g/mol. The fraction of sp³-hybridized carbons (Fsp3) is 0.318. The average molecular weight is 413 g/mol. The van der Waals surface area contributed by atoms with Gasteiger partial charge < -0.3 is 25.8 Å². The van der Waals surface area contributed by atoms with Crippen molar-refractivity contribution in [1.29, 1.82) is 0 Å². The maximum Gasteiger partial charge on any atom is 0.328 e. The maximum absolute atomic E-state index is 12.8. The highest BCUT2D eigenvalue weighted by Gasteiger charge is 2.24. The van der Waals surface area contributed by atoms with Gasteiger partial charge in [-0.25, -0.2) is 4.79 Å². The van der Waals surface area contributed by atoms with Crippen LogP contribution >= 0.6 is 0 Å². The lowest BCUT2D eigenvalue weighted by Crippen LogP contribution is -2.43. The lowest BCUT2D eigenvalue weighted by Gasteiger charge is -2.18. The number of benzene rings is 2. The fourth-order valence-electron chi connectivity index (χ4n) is 2.83. The van der Waals surface area contributed by atoms with Crippen LogP contribution in [0.4, 0.5) is 0 Å². The zero-order valence-corrected chi connectivity index (χ0v) is 17.1. The van der Waals surface area contributed by atoms with Crippen molar-refractivity contribution in [3.63, 3.8) is 0 Å². The van der Waals surface area contributed by atoms with Crippen molar-refractivity contribution >= 4 is 17.8 Å². The summed E-state index contributed by atoms with van der Waals surface area (Å²) in [6, 6.07) is 12.9. The minimum atomic E-state index is -0.849. The second-order valence-electron chi connectivity index (χ2n) is 6.43. The van der Waals surface area contributed by atoms with E-state index in [1.54, 1.807) is 6.92 Å². The Bertz CT molecular complexity index is 870. The normalized spacial score (nSPS) is 11.3. The molecular formula is C22H27N3O5. The van der Waals surface area contributed by atoms with Crippen LogP contribution in [0.5, 0.6) is 5.75 Å². The number of methoxy groups -OCH3 is 1. The first-order valence-electron chi connectivity index (χ1n) is 9.67. The molecule has 2 aromatic rings. The zero-order valence-electron chi connectivity index (χ0n) is 17.1. The summed E-state index contributed by atoms with van der Waals surface area (Å²) in [5, 5.41) is 5.37. The lowest BCUT2D eigenvalue weighted by atomic mass is 10.0. The van der Waals surface area contributed by atoms with Crippen LogP contribution in [0.1, 0.15) is 33.2 Å². The second-order valence-corrected chi connectivity index (χ2v) is 6.43. The maximum atomic E-state index is 12.8. The average Bonchev–Trinajstić information content (AvgIpc) is 2.77. The summed E-state index contributed by atoms with van der Waals surface area (Å²) in [5.41, 5.74) is 6.83. The molecule has 0 radical (unpaired) electrons. The SMILES string of the molecule is CCOC(=O)C(Cc1ccccc1)NC(=O)c1ccc(C(=O)NCCN)c(OC)c1. The number of ether oxygens (including phenoxy) is 2. The van der Waals surface area contributed by atoms with Crippen LogP contribution in [0.3, 0.4) is 0 Å². The van der Waals surface area contributed by atoms with Gasteiger partial charge in [0, 0.05) is 25.1 Å². The summed E-state index contributed by atoms with van der Waals surface area (Å²) in [4.78, 5) is 37.3. The van der Waals surface area contributed by atoms with Crippen molar-refractivity contribution in [2.45, 2.75) is 19.4 Å². The van der Waals surface area contributed by atoms with Crippen LogP contribution in [-0.4, -0.2) is 50.6 Å². The summed E-state index contributed by atoms with van der Waals surface area (Å²) >= 11 is 0. The Balaban J connectivity index is 2.19. The minimum Gasteiger partial charge on any atom is -0.496 e. The number of hydrogen-bond acceptors (Lipinski definition) is 6. The second kappa shape index (κ2) is 11.6. The molecule has 1 atom stereocenters. The summed E-state index contributed by atoms with van der Waals surface area (Å²) < 4.78 is 10.4. The molecule has 8 nitrogen and oxygen atoms in total. The van der Waals surface area contributed by atoms with Crippen molar-refractivity contribution in [1.82, 2.24) is 10.6 Å². The molecule has 0 saturated heterocycles. The predicted molar refractivity (Wildman–Crippen MR) is 112 cm³/mol. The summed E-state index contributed by atoms with van der Waals surface area (Å²) in [6.45, 7) is 2.55. The first kappa shape index (κ1) is 22.9. The van der Waals surface area contributed by atoms with Crippen molar-refractivity contribution in [2.75, 3.05) is 26.8 Å². The standard InChI is InChI=1S/C22H27N3O5/c1-3-30-22(28)18(13-15-7-5-4-6-8-15)25-20(26)16-9-10-17(19(14-16)29-2)21(27)24-12-11-23/h4-10,14,18H,3,11-13,23H2,1-2H3,(H,24,27)(H,25,26). The molecule has 2 rings (SSSR count). The topological polar surface area (TPSA) is 120 Å². The Morgan fingerprint density at radius 2 is 1.80 bits per heavy atom. The van der Waals surface area contributed by atoms with E-state index < -0.39 is 17.9 Å². The van der Waals surface area contributed by atoms with E-state index in [0.29, 0.717) is 19.5 Å². The van der Waals surface area contributed by atoms with Crippen LogP contribution in [0.25, 0.3) is 0 Å². The molecule has 2 amide bonds. The molecule has 0 aliphatic rings. The van der Waals surface area contributed by atoms with Crippen LogP contribution in [0, 0.1) is 0 Å². The van der Waals surface area contributed by atoms with Gasteiger partial charge in [0.1, 0.15) is 11.8 Å². The summed E-state index contributed by atoms with van der Waals surface area (Å²) in [6.07, 6.45) is 0.294. The summed E-state index contributed by atoms with van der Waals surface area (Å²) in [7, 11) is 1.41. The number of hydrogen-bond donors (Lipinski definition) is 3. The van der Waals surface area contributed by atoms with E-state index in [9.17, 15) is 14.4 Å². The Labute approximate surface area is 175 Å². The zero-order chi connectivity index (χ0) is 21.9. The summed E-state index contributed by atoms with van der Waals surface area (Å²) in [5.74, 6) is -1.10. The molecular weight excluding hydrogens is 386 g/mol. The molecule has 2 aromatic carbocycles. The molecule has 0 aromatic heterocycles. The van der Waals surface area contributed by atoms with Gasteiger partial charge in [-0.3, -0.25) is 9.59 Å². The third-order valence-electron chi connectivity index (χ3n) is 4.30. The van der Waals surface area contributed by atoms with Gasteiger partial charge in [0.25, 0.3) is 11.8 Å². The highest BCUT2D eigenvalue weighted by Crippen LogP contribution is 2.20. The first-order chi connectivity index (χ1) is 14.5. The van der Waals surface area contributed by atoms with Gasteiger partial charge in [0.2, 0.25) is 0 Å². The third kappa shape index (κ3) is 6.31. The highest BCUT2D eigenvalue weighted by molar-refractivity contribution is 6.01. The van der Waals surface area contributed by atoms with E-state index in [1.165, 1.54) is 25.3 Å². The number of nitrogens with two attached hydrogens (primary N) is 1. The van der Waals surface area contributed by atoms with Gasteiger partial charge in [-0.05, 0) is 30.7 Å². The van der Waals surface area contributed by atoms with Crippen molar-refractivity contribution in [2.24, 2.45) is 5.73 Å². The fourth-order valence-corrected chi connectivity index (χ4v) is 2.83. The van der Waals surface area contributed by atoms with Crippen molar-refractivity contribution in [3.05, 3.63) is 65.2 Å². The molecule has 0 bridgehead atoms. The molecule has 4 N–H and O–H groups in total. The van der Waals surface area contributed by atoms with Gasteiger partial charge in [-0.15, -0.1) is 0 Å². The smallest absolute Gasteiger partial charge is 0.328 e. The van der Waals surface area contributed by atoms with Gasteiger partial charge in [0.15, 0.2) is 0 Å². The first-order valence-corrected chi connectivity index (χ1v) is 9.67. The minimum absolute atomic E-state index is 0.209. The van der Waals surface area contributed by atoms with Crippen LogP contribution in [0.2, 0.25) is 0 Å². The van der Waals surface area contributed by atoms with Gasteiger partial charge in [-0.1, -0.05) is 30.3 Å². The number of carbonyl (C=O) groups excluding carboxylic acids is 3. The Morgan fingerprint density at radius 3 is 2.43 bits per heavy atom. The predicted octanol–water partition coefficient (Wildman–Crippen LogP) is 1.29. The van der Waals surface area contributed by atoms with Gasteiger partial charge >= 0.3 is 5.97 Å². The van der Waals surface area contributed by atoms with Gasteiger partial charge in [0.05, 0.1) is 19.3 Å². The van der Waals surface area contributed by atoms with E-state index in [1.807, 2.05) is 30.3 Å². The number of rotatable bonds is 10. The highest BCUT2D eigenvalue weighted by atomic mass is 16.5. The molecule has 1 unspecified atom stereocenters. The largest absolute Gasteiger partial charge is 0.496 e. The Morgan fingerprint density at radius 1 is 1.07 bits per heavy atom. The van der Waals surface area contributed by atoms with E-state index >= 15 is 0 Å². The molecule has 30 heavy (non-hydrogen) atoms.